The second-order valence-electron chi connectivity index (χ2n) is 6.99. The molecule has 1 heterocycles. The zero-order valence-corrected chi connectivity index (χ0v) is 17.1. The van der Waals surface area contributed by atoms with Crippen LogP contribution in [0.25, 0.3) is 0 Å². The molecule has 1 amide bonds. The fraction of sp³-hybridized carbons (Fsp3) is 0.381. The van der Waals surface area contributed by atoms with Crippen LogP contribution >= 0.6 is 0 Å². The molecule has 0 radical (unpaired) electrons. The second kappa shape index (κ2) is 9.37. The van der Waals surface area contributed by atoms with Crippen LogP contribution in [0.4, 0.5) is 10.1 Å². The van der Waals surface area contributed by atoms with E-state index in [0.29, 0.717) is 18.0 Å². The van der Waals surface area contributed by atoms with Crippen molar-refractivity contribution in [3.05, 3.63) is 54.3 Å². The summed E-state index contributed by atoms with van der Waals surface area (Å²) in [6, 6.07) is 11.5. The van der Waals surface area contributed by atoms with Gasteiger partial charge in [0.15, 0.2) is 6.61 Å². The highest BCUT2D eigenvalue weighted by Gasteiger charge is 2.32. The van der Waals surface area contributed by atoms with Gasteiger partial charge in [-0.1, -0.05) is 13.3 Å². The van der Waals surface area contributed by atoms with Crippen molar-refractivity contribution in [1.82, 2.24) is 4.31 Å². The van der Waals surface area contributed by atoms with E-state index >= 15 is 0 Å². The molecular formula is C21H25FN2O4S. The van der Waals surface area contributed by atoms with Crippen molar-refractivity contribution in [1.29, 1.82) is 0 Å². The number of benzene rings is 2. The summed E-state index contributed by atoms with van der Waals surface area (Å²) in [4.78, 5) is 12.2. The van der Waals surface area contributed by atoms with Crippen molar-refractivity contribution < 1.29 is 22.3 Å². The van der Waals surface area contributed by atoms with Crippen molar-refractivity contribution in [2.75, 3.05) is 18.5 Å². The molecule has 3 rings (SSSR count). The lowest BCUT2D eigenvalue weighted by atomic mass is 10.0. The third-order valence-corrected chi connectivity index (χ3v) is 6.94. The highest BCUT2D eigenvalue weighted by Crippen LogP contribution is 2.27. The average molecular weight is 421 g/mol. The van der Waals surface area contributed by atoms with E-state index in [1.54, 1.807) is 16.4 Å². The Kier molecular flexibility index (Phi) is 6.87. The number of rotatable bonds is 7. The van der Waals surface area contributed by atoms with E-state index in [9.17, 15) is 17.6 Å². The quantitative estimate of drug-likeness (QED) is 0.739. The van der Waals surface area contributed by atoms with Crippen LogP contribution in [0.5, 0.6) is 5.75 Å². The van der Waals surface area contributed by atoms with Crippen LogP contribution in [0.15, 0.2) is 53.4 Å². The van der Waals surface area contributed by atoms with Gasteiger partial charge in [-0.2, -0.15) is 4.31 Å². The van der Waals surface area contributed by atoms with Crippen molar-refractivity contribution in [2.24, 2.45) is 0 Å². The minimum absolute atomic E-state index is 0.0386. The number of ether oxygens (including phenoxy) is 1. The normalized spacial score (nSPS) is 17.7. The summed E-state index contributed by atoms with van der Waals surface area (Å²) < 4.78 is 45.7. The van der Waals surface area contributed by atoms with Crippen LogP contribution in [0.1, 0.15) is 32.6 Å². The van der Waals surface area contributed by atoms with Gasteiger partial charge in [0.2, 0.25) is 10.0 Å². The molecule has 2 aromatic rings. The van der Waals surface area contributed by atoms with Crippen molar-refractivity contribution in [2.45, 2.75) is 43.5 Å². The molecule has 0 saturated carbocycles. The third kappa shape index (κ3) is 5.33. The summed E-state index contributed by atoms with van der Waals surface area (Å²) in [7, 11) is -3.55. The number of sulfonamides is 1. The molecule has 1 N–H and O–H groups in total. The van der Waals surface area contributed by atoms with Gasteiger partial charge in [0.05, 0.1) is 4.90 Å². The highest BCUT2D eigenvalue weighted by atomic mass is 32.2. The van der Waals surface area contributed by atoms with Crippen LogP contribution in [0.2, 0.25) is 0 Å². The Morgan fingerprint density at radius 3 is 2.48 bits per heavy atom. The van der Waals surface area contributed by atoms with Crippen LogP contribution in [-0.4, -0.2) is 37.8 Å². The highest BCUT2D eigenvalue weighted by molar-refractivity contribution is 7.89. The predicted molar refractivity (Wildman–Crippen MR) is 109 cm³/mol. The number of carbonyl (C=O) groups excluding carboxylic acids is 1. The number of hydrogen-bond acceptors (Lipinski definition) is 4. The van der Waals surface area contributed by atoms with Crippen LogP contribution < -0.4 is 10.1 Å². The fourth-order valence-corrected chi connectivity index (χ4v) is 5.19. The van der Waals surface area contributed by atoms with Gasteiger partial charge in [0.25, 0.3) is 5.91 Å². The Labute approximate surface area is 170 Å². The lowest BCUT2D eigenvalue weighted by Crippen LogP contribution is -2.43. The monoisotopic (exact) mass is 420 g/mol. The number of piperidine rings is 1. The number of carbonyl (C=O) groups is 1. The van der Waals surface area contributed by atoms with Crippen molar-refractivity contribution >= 4 is 21.6 Å². The molecule has 0 bridgehead atoms. The van der Waals surface area contributed by atoms with Gasteiger partial charge in [-0.05, 0) is 67.8 Å². The lowest BCUT2D eigenvalue weighted by molar-refractivity contribution is -0.118. The second-order valence-corrected chi connectivity index (χ2v) is 8.88. The van der Waals surface area contributed by atoms with Crippen molar-refractivity contribution in [3.63, 3.8) is 0 Å². The molecule has 8 heteroatoms. The van der Waals surface area contributed by atoms with E-state index in [1.165, 1.54) is 36.4 Å². The SMILES string of the molecule is CC[C@@H]1CCCCN1S(=O)(=O)c1ccc(NC(=O)COc2ccc(F)cc2)cc1. The number of nitrogens with zero attached hydrogens (tertiary/aromatic N) is 1. The zero-order valence-electron chi connectivity index (χ0n) is 16.3. The molecule has 1 atom stereocenters. The maximum atomic E-state index is 13.0. The standard InChI is InChI=1S/C21H25FN2O4S/c1-2-18-5-3-4-14-24(18)29(26,27)20-12-8-17(9-13-20)23-21(25)15-28-19-10-6-16(22)7-11-19/h6-13,18H,2-5,14-15H2,1H3,(H,23,25)/t18-/m1/s1. The summed E-state index contributed by atoms with van der Waals surface area (Å²) in [6.07, 6.45) is 3.60. The first-order valence-corrected chi connectivity index (χ1v) is 11.1. The minimum atomic E-state index is -3.55. The summed E-state index contributed by atoms with van der Waals surface area (Å²) in [6.45, 7) is 2.31. The van der Waals surface area contributed by atoms with Gasteiger partial charge in [-0.25, -0.2) is 12.8 Å². The van der Waals surface area contributed by atoms with E-state index < -0.39 is 15.9 Å². The molecule has 1 aliphatic rings. The van der Waals surface area contributed by atoms with E-state index in [2.05, 4.69) is 5.32 Å². The smallest absolute Gasteiger partial charge is 0.262 e. The van der Waals surface area contributed by atoms with E-state index in [4.69, 9.17) is 4.74 Å². The molecule has 0 aromatic heterocycles. The van der Waals surface area contributed by atoms with Crippen LogP contribution in [0, 0.1) is 5.82 Å². The first-order valence-electron chi connectivity index (χ1n) is 9.70. The van der Waals surface area contributed by atoms with Gasteiger partial charge >= 0.3 is 0 Å². The largest absolute Gasteiger partial charge is 0.484 e. The average Bonchev–Trinajstić information content (AvgIpc) is 2.73. The van der Waals surface area contributed by atoms with Gasteiger partial charge in [0.1, 0.15) is 11.6 Å². The third-order valence-electron chi connectivity index (χ3n) is 4.97. The topological polar surface area (TPSA) is 75.7 Å². The summed E-state index contributed by atoms with van der Waals surface area (Å²) in [5, 5.41) is 2.66. The number of nitrogens with one attached hydrogen (secondary N) is 1. The summed E-state index contributed by atoms with van der Waals surface area (Å²) in [5.41, 5.74) is 0.474. The zero-order chi connectivity index (χ0) is 20.9. The lowest BCUT2D eigenvalue weighted by Gasteiger charge is -2.34. The molecule has 1 fully saturated rings. The molecule has 2 aromatic carbocycles. The Hall–Kier alpha value is -2.45. The maximum absolute atomic E-state index is 13.0. The number of amides is 1. The van der Waals surface area contributed by atoms with E-state index in [1.807, 2.05) is 6.92 Å². The summed E-state index contributed by atoms with van der Waals surface area (Å²) in [5.74, 6) is -0.395. The first kappa shape index (κ1) is 21.3. The van der Waals surface area contributed by atoms with Gasteiger partial charge in [-0.15, -0.1) is 0 Å². The molecule has 29 heavy (non-hydrogen) atoms. The van der Waals surface area contributed by atoms with E-state index in [-0.39, 0.29) is 23.4 Å². The van der Waals surface area contributed by atoms with Crippen LogP contribution in [-0.2, 0) is 14.8 Å². The molecule has 1 saturated heterocycles. The molecule has 0 aliphatic carbocycles. The number of hydrogen-bond donors (Lipinski definition) is 1. The maximum Gasteiger partial charge on any atom is 0.262 e. The molecule has 1 aliphatic heterocycles. The Balaban J connectivity index is 1.60. The van der Waals surface area contributed by atoms with Gasteiger partial charge < -0.3 is 10.1 Å². The first-order chi connectivity index (χ1) is 13.9. The predicted octanol–water partition coefficient (Wildman–Crippen LogP) is 3.80. The Morgan fingerprint density at radius 1 is 1.14 bits per heavy atom. The van der Waals surface area contributed by atoms with E-state index in [0.717, 1.165) is 25.7 Å². The number of anilines is 1. The summed E-state index contributed by atoms with van der Waals surface area (Å²) >= 11 is 0. The fourth-order valence-electron chi connectivity index (χ4n) is 3.42. The van der Waals surface area contributed by atoms with Crippen LogP contribution in [0.3, 0.4) is 0 Å². The number of halogens is 1. The van der Waals surface area contributed by atoms with Crippen molar-refractivity contribution in [3.8, 4) is 5.75 Å². The van der Waals surface area contributed by atoms with Gasteiger partial charge in [-0.3, -0.25) is 4.79 Å². The Bertz CT molecular complexity index is 930. The molecule has 6 nitrogen and oxygen atoms in total. The van der Waals surface area contributed by atoms with Gasteiger partial charge in [0, 0.05) is 18.3 Å². The molecule has 156 valence electrons. The Morgan fingerprint density at radius 2 is 1.83 bits per heavy atom. The molecule has 0 unspecified atom stereocenters. The minimum Gasteiger partial charge on any atom is -0.484 e. The molecular weight excluding hydrogens is 395 g/mol. The molecule has 0 spiro atoms.